The highest BCUT2D eigenvalue weighted by Gasteiger charge is 2.16. The van der Waals surface area contributed by atoms with Gasteiger partial charge in [-0.05, 0) is 61.7 Å². The Kier molecular flexibility index (Phi) is 5.73. The molecule has 31 heavy (non-hydrogen) atoms. The van der Waals surface area contributed by atoms with Crippen molar-refractivity contribution in [2.24, 2.45) is 0 Å². The van der Waals surface area contributed by atoms with E-state index in [1.54, 1.807) is 32.4 Å². The minimum absolute atomic E-state index is 0.158. The number of rotatable bonds is 6. The maximum Gasteiger partial charge on any atom is 0.234 e. The molecule has 8 heteroatoms. The molecule has 2 aromatic heterocycles. The number of thioether (sulfide) groups is 1. The predicted octanol–water partition coefficient (Wildman–Crippen LogP) is 4.56. The summed E-state index contributed by atoms with van der Waals surface area (Å²) in [7, 11) is 3.14. The molecule has 0 atom stereocenters. The molecule has 0 saturated carbocycles. The first-order chi connectivity index (χ1) is 14.9. The molecule has 0 fully saturated rings. The molecule has 0 aliphatic rings. The summed E-state index contributed by atoms with van der Waals surface area (Å²) in [5.74, 6) is 1.23. The van der Waals surface area contributed by atoms with E-state index in [1.165, 1.54) is 22.9 Å². The molecular formula is C23H24N4O3S. The molecular weight excluding hydrogens is 412 g/mol. The van der Waals surface area contributed by atoms with Gasteiger partial charge in [-0.3, -0.25) is 9.20 Å². The van der Waals surface area contributed by atoms with Crippen LogP contribution in [0, 0.1) is 20.8 Å². The van der Waals surface area contributed by atoms with Crippen LogP contribution in [0.4, 0.5) is 5.69 Å². The fourth-order valence-electron chi connectivity index (χ4n) is 3.66. The van der Waals surface area contributed by atoms with Gasteiger partial charge in [0.25, 0.3) is 0 Å². The predicted molar refractivity (Wildman–Crippen MR) is 124 cm³/mol. The second-order valence-corrected chi connectivity index (χ2v) is 8.33. The zero-order chi connectivity index (χ0) is 22.1. The van der Waals surface area contributed by atoms with E-state index in [9.17, 15) is 4.79 Å². The molecule has 160 valence electrons. The number of benzene rings is 2. The Morgan fingerprint density at radius 3 is 2.58 bits per heavy atom. The van der Waals surface area contributed by atoms with Crippen LogP contribution in [0.2, 0.25) is 0 Å². The average molecular weight is 437 g/mol. The van der Waals surface area contributed by atoms with Crippen LogP contribution in [0.3, 0.4) is 0 Å². The molecule has 0 bridgehead atoms. The zero-order valence-corrected chi connectivity index (χ0v) is 19.0. The van der Waals surface area contributed by atoms with Crippen LogP contribution in [0.15, 0.2) is 41.6 Å². The lowest BCUT2D eigenvalue weighted by Crippen LogP contribution is -2.15. The van der Waals surface area contributed by atoms with Gasteiger partial charge in [-0.1, -0.05) is 17.8 Å². The van der Waals surface area contributed by atoms with Gasteiger partial charge in [0.05, 0.1) is 31.2 Å². The van der Waals surface area contributed by atoms with E-state index < -0.39 is 0 Å². The Morgan fingerprint density at radius 2 is 1.84 bits per heavy atom. The van der Waals surface area contributed by atoms with Crippen LogP contribution in [0.25, 0.3) is 16.6 Å². The molecule has 1 amide bonds. The van der Waals surface area contributed by atoms with Crippen LogP contribution in [-0.4, -0.2) is 40.5 Å². The van der Waals surface area contributed by atoms with Gasteiger partial charge >= 0.3 is 0 Å². The number of nitrogens with zero attached hydrogens (tertiary/aromatic N) is 3. The summed E-state index contributed by atoms with van der Waals surface area (Å²) < 4.78 is 12.6. The molecule has 1 N–H and O–H groups in total. The summed E-state index contributed by atoms with van der Waals surface area (Å²) in [6.45, 7) is 6.21. The number of aryl methyl sites for hydroxylation is 3. The standard InChI is InChI=1S/C23H24N4O3S/c1-13-8-14(2)17-10-15(3)22-25-26-23(27(22)19(17)9-13)31-12-21(28)24-18-7-6-16(29-4)11-20(18)30-5/h6-11H,12H2,1-5H3,(H,24,28). The molecule has 0 aliphatic heterocycles. The number of carbonyl (C=O) groups is 1. The third-order valence-corrected chi connectivity index (χ3v) is 6.04. The molecule has 0 radical (unpaired) electrons. The van der Waals surface area contributed by atoms with Crippen LogP contribution in [0.5, 0.6) is 11.5 Å². The van der Waals surface area contributed by atoms with Crippen molar-refractivity contribution in [1.82, 2.24) is 14.6 Å². The number of carbonyl (C=O) groups excluding carboxylic acids is 1. The van der Waals surface area contributed by atoms with Gasteiger partial charge in [-0.2, -0.15) is 0 Å². The van der Waals surface area contributed by atoms with Crippen molar-refractivity contribution < 1.29 is 14.3 Å². The van der Waals surface area contributed by atoms with Gasteiger partial charge in [-0.25, -0.2) is 0 Å². The summed E-state index contributed by atoms with van der Waals surface area (Å²) in [4.78, 5) is 12.6. The van der Waals surface area contributed by atoms with E-state index >= 15 is 0 Å². The molecule has 4 rings (SSSR count). The number of methoxy groups -OCH3 is 2. The molecule has 0 spiro atoms. The third kappa shape index (κ3) is 4.03. The highest BCUT2D eigenvalue weighted by Crippen LogP contribution is 2.30. The lowest BCUT2D eigenvalue weighted by molar-refractivity contribution is -0.113. The summed E-state index contributed by atoms with van der Waals surface area (Å²) in [5, 5.41) is 13.5. The first-order valence-corrected chi connectivity index (χ1v) is 10.8. The normalized spacial score (nSPS) is 11.1. The lowest BCUT2D eigenvalue weighted by atomic mass is 10.0. The number of hydrogen-bond acceptors (Lipinski definition) is 6. The summed E-state index contributed by atoms with van der Waals surface area (Å²) in [5.41, 5.74) is 5.86. The van der Waals surface area contributed by atoms with E-state index in [1.807, 2.05) is 11.3 Å². The van der Waals surface area contributed by atoms with E-state index in [2.05, 4.69) is 47.6 Å². The lowest BCUT2D eigenvalue weighted by Gasteiger charge is -2.12. The smallest absolute Gasteiger partial charge is 0.234 e. The van der Waals surface area contributed by atoms with Crippen molar-refractivity contribution in [1.29, 1.82) is 0 Å². The number of hydrogen-bond donors (Lipinski definition) is 1. The summed E-state index contributed by atoms with van der Waals surface area (Å²) in [6, 6.07) is 11.7. The molecule has 0 aliphatic carbocycles. The highest BCUT2D eigenvalue weighted by atomic mass is 32.2. The second-order valence-electron chi connectivity index (χ2n) is 7.39. The average Bonchev–Trinajstić information content (AvgIpc) is 3.18. The molecule has 7 nitrogen and oxygen atoms in total. The zero-order valence-electron chi connectivity index (χ0n) is 18.1. The van der Waals surface area contributed by atoms with Crippen molar-refractivity contribution in [3.05, 3.63) is 53.1 Å². The first-order valence-electron chi connectivity index (χ1n) is 9.81. The molecule has 0 saturated heterocycles. The van der Waals surface area contributed by atoms with Crippen LogP contribution in [0.1, 0.15) is 16.7 Å². The molecule has 2 aromatic carbocycles. The number of fused-ring (bicyclic) bond motifs is 3. The van der Waals surface area contributed by atoms with Crippen molar-refractivity contribution in [3.8, 4) is 11.5 Å². The van der Waals surface area contributed by atoms with Gasteiger partial charge in [0.15, 0.2) is 10.8 Å². The Balaban J connectivity index is 1.60. The Labute approximate surface area is 184 Å². The summed E-state index contributed by atoms with van der Waals surface area (Å²) in [6.07, 6.45) is 0. The second kappa shape index (κ2) is 8.47. The number of aromatic nitrogens is 3. The topological polar surface area (TPSA) is 77.8 Å². The fourth-order valence-corrected chi connectivity index (χ4v) is 4.41. The molecule has 4 aromatic rings. The van der Waals surface area contributed by atoms with Crippen LogP contribution < -0.4 is 14.8 Å². The van der Waals surface area contributed by atoms with E-state index in [0.717, 1.165) is 22.1 Å². The number of nitrogens with one attached hydrogen (secondary N) is 1. The van der Waals surface area contributed by atoms with E-state index in [0.29, 0.717) is 22.3 Å². The van der Waals surface area contributed by atoms with Gasteiger partial charge in [0.2, 0.25) is 5.91 Å². The van der Waals surface area contributed by atoms with Crippen molar-refractivity contribution in [2.45, 2.75) is 25.9 Å². The minimum Gasteiger partial charge on any atom is -0.497 e. The molecule has 0 unspecified atom stereocenters. The highest BCUT2D eigenvalue weighted by molar-refractivity contribution is 7.99. The van der Waals surface area contributed by atoms with Crippen LogP contribution >= 0.6 is 11.8 Å². The fraction of sp³-hybridized carbons (Fsp3) is 0.261. The van der Waals surface area contributed by atoms with E-state index in [-0.39, 0.29) is 11.7 Å². The maximum atomic E-state index is 12.6. The third-order valence-electron chi connectivity index (χ3n) is 5.11. The van der Waals surface area contributed by atoms with Gasteiger partial charge in [0, 0.05) is 11.5 Å². The van der Waals surface area contributed by atoms with Gasteiger partial charge in [-0.15, -0.1) is 10.2 Å². The Bertz CT molecular complexity index is 1300. The molecule has 2 heterocycles. The maximum absolute atomic E-state index is 12.6. The van der Waals surface area contributed by atoms with Gasteiger partial charge < -0.3 is 14.8 Å². The SMILES string of the molecule is COc1ccc(NC(=O)CSc2nnc3c(C)cc4c(C)cc(C)cc4n23)c(OC)c1. The Hall–Kier alpha value is -3.26. The Morgan fingerprint density at radius 1 is 1.03 bits per heavy atom. The largest absolute Gasteiger partial charge is 0.497 e. The van der Waals surface area contributed by atoms with Gasteiger partial charge in [0.1, 0.15) is 11.5 Å². The van der Waals surface area contributed by atoms with Crippen molar-refractivity contribution >= 4 is 39.9 Å². The number of ether oxygens (including phenoxy) is 2. The van der Waals surface area contributed by atoms with Crippen molar-refractivity contribution in [2.75, 3.05) is 25.3 Å². The van der Waals surface area contributed by atoms with Crippen LogP contribution in [-0.2, 0) is 4.79 Å². The first kappa shape index (κ1) is 21.0. The number of amides is 1. The monoisotopic (exact) mass is 436 g/mol. The van der Waals surface area contributed by atoms with E-state index in [4.69, 9.17) is 9.47 Å². The summed E-state index contributed by atoms with van der Waals surface area (Å²) >= 11 is 1.35. The minimum atomic E-state index is -0.158. The number of anilines is 1. The quantitative estimate of drug-likeness (QED) is 0.447. The number of pyridine rings is 1. The van der Waals surface area contributed by atoms with Crippen molar-refractivity contribution in [3.63, 3.8) is 0 Å².